The van der Waals surface area contributed by atoms with Gasteiger partial charge in [0.05, 0.1) is 16.8 Å². The van der Waals surface area contributed by atoms with E-state index >= 15 is 0 Å². The van der Waals surface area contributed by atoms with E-state index in [2.05, 4.69) is 40.2 Å². The summed E-state index contributed by atoms with van der Waals surface area (Å²) in [5.74, 6) is 0.0886. The lowest BCUT2D eigenvalue weighted by molar-refractivity contribution is 0.0964. The summed E-state index contributed by atoms with van der Waals surface area (Å²) in [5.41, 5.74) is 2.28. The minimum absolute atomic E-state index is 0.0886. The Kier molecular flexibility index (Phi) is 6.14. The van der Waals surface area contributed by atoms with Gasteiger partial charge < -0.3 is 9.80 Å². The van der Waals surface area contributed by atoms with Gasteiger partial charge in [0.15, 0.2) is 0 Å². The van der Waals surface area contributed by atoms with Crippen LogP contribution in [0.25, 0.3) is 0 Å². The van der Waals surface area contributed by atoms with Gasteiger partial charge in [-0.1, -0.05) is 36.4 Å². The third kappa shape index (κ3) is 4.49. The number of amides is 1. The van der Waals surface area contributed by atoms with Crippen molar-refractivity contribution in [2.75, 3.05) is 24.5 Å². The Labute approximate surface area is 170 Å². The third-order valence-electron chi connectivity index (χ3n) is 5.36. The van der Waals surface area contributed by atoms with E-state index in [1.165, 1.54) is 16.9 Å². The molecular formula is C23H25N3OS. The fourth-order valence-electron chi connectivity index (χ4n) is 3.84. The molecule has 1 fully saturated rings. The van der Waals surface area contributed by atoms with Crippen LogP contribution in [-0.2, 0) is 6.42 Å². The molecule has 28 heavy (non-hydrogen) atoms. The number of hydrogen-bond acceptors (Lipinski definition) is 4. The SMILES string of the molecule is O=C(c1cccs1)N(c1cccnc1)C1CCN(CCc2ccccc2)CC1. The number of thiophene rings is 1. The van der Waals surface area contributed by atoms with Crippen LogP contribution in [0.1, 0.15) is 28.1 Å². The zero-order chi connectivity index (χ0) is 19.2. The molecule has 3 aromatic rings. The summed E-state index contributed by atoms with van der Waals surface area (Å²) < 4.78 is 0. The van der Waals surface area contributed by atoms with Crippen molar-refractivity contribution >= 4 is 22.9 Å². The molecule has 1 saturated heterocycles. The molecule has 5 heteroatoms. The first-order valence-electron chi connectivity index (χ1n) is 9.84. The summed E-state index contributed by atoms with van der Waals surface area (Å²) in [4.78, 5) is 22.7. The van der Waals surface area contributed by atoms with Crippen molar-refractivity contribution < 1.29 is 4.79 Å². The number of rotatable bonds is 6. The second kappa shape index (κ2) is 9.13. The fraction of sp³-hybridized carbons (Fsp3) is 0.304. The second-order valence-corrected chi connectivity index (χ2v) is 8.12. The van der Waals surface area contributed by atoms with Crippen LogP contribution in [0.15, 0.2) is 72.4 Å². The highest BCUT2D eigenvalue weighted by Crippen LogP contribution is 2.26. The Morgan fingerprint density at radius 3 is 2.57 bits per heavy atom. The van der Waals surface area contributed by atoms with E-state index < -0.39 is 0 Å². The van der Waals surface area contributed by atoms with Gasteiger partial charge in [0.25, 0.3) is 5.91 Å². The predicted molar refractivity (Wildman–Crippen MR) is 115 cm³/mol. The third-order valence-corrected chi connectivity index (χ3v) is 6.21. The van der Waals surface area contributed by atoms with E-state index in [-0.39, 0.29) is 11.9 Å². The molecule has 4 rings (SSSR count). The van der Waals surface area contributed by atoms with Crippen molar-refractivity contribution in [3.63, 3.8) is 0 Å². The number of hydrogen-bond donors (Lipinski definition) is 0. The van der Waals surface area contributed by atoms with E-state index in [4.69, 9.17) is 0 Å². The van der Waals surface area contributed by atoms with Crippen LogP contribution in [0, 0.1) is 0 Å². The number of anilines is 1. The smallest absolute Gasteiger partial charge is 0.268 e. The molecule has 0 radical (unpaired) electrons. The lowest BCUT2D eigenvalue weighted by Gasteiger charge is -2.38. The molecular weight excluding hydrogens is 366 g/mol. The topological polar surface area (TPSA) is 36.4 Å². The molecule has 0 saturated carbocycles. The van der Waals surface area contributed by atoms with Crippen molar-refractivity contribution in [1.29, 1.82) is 0 Å². The van der Waals surface area contributed by atoms with Gasteiger partial charge in [0, 0.05) is 31.9 Å². The molecule has 1 aliphatic rings. The molecule has 4 nitrogen and oxygen atoms in total. The first kappa shape index (κ1) is 18.8. The Morgan fingerprint density at radius 1 is 1.07 bits per heavy atom. The van der Waals surface area contributed by atoms with Gasteiger partial charge in [-0.25, -0.2) is 0 Å². The van der Waals surface area contributed by atoms with Crippen molar-refractivity contribution in [3.05, 3.63) is 82.8 Å². The van der Waals surface area contributed by atoms with Crippen molar-refractivity contribution in [2.45, 2.75) is 25.3 Å². The van der Waals surface area contributed by atoms with Gasteiger partial charge in [-0.15, -0.1) is 11.3 Å². The zero-order valence-electron chi connectivity index (χ0n) is 15.9. The molecule has 1 aromatic carbocycles. The van der Waals surface area contributed by atoms with Gasteiger partial charge >= 0.3 is 0 Å². The number of benzene rings is 1. The van der Waals surface area contributed by atoms with Gasteiger partial charge in [-0.2, -0.15) is 0 Å². The fourth-order valence-corrected chi connectivity index (χ4v) is 4.50. The van der Waals surface area contributed by atoms with E-state index in [1.54, 1.807) is 12.4 Å². The van der Waals surface area contributed by atoms with E-state index in [0.717, 1.165) is 49.5 Å². The summed E-state index contributed by atoms with van der Waals surface area (Å²) in [6.45, 7) is 3.11. The van der Waals surface area contributed by atoms with Gasteiger partial charge in [-0.05, 0) is 48.4 Å². The molecule has 2 aromatic heterocycles. The summed E-state index contributed by atoms with van der Waals surface area (Å²) in [6.07, 6.45) is 6.60. The maximum Gasteiger partial charge on any atom is 0.268 e. The molecule has 0 spiro atoms. The number of carbonyl (C=O) groups excluding carboxylic acids is 1. The average molecular weight is 392 g/mol. The van der Waals surface area contributed by atoms with Gasteiger partial charge in [0.1, 0.15) is 0 Å². The molecule has 0 unspecified atom stereocenters. The maximum absolute atomic E-state index is 13.2. The first-order chi connectivity index (χ1) is 13.8. The largest absolute Gasteiger partial charge is 0.303 e. The number of aromatic nitrogens is 1. The van der Waals surface area contributed by atoms with E-state index in [9.17, 15) is 4.79 Å². The Hall–Kier alpha value is -2.50. The normalized spacial score (nSPS) is 15.4. The lowest BCUT2D eigenvalue weighted by atomic mass is 10.0. The molecule has 1 amide bonds. The van der Waals surface area contributed by atoms with E-state index in [0.29, 0.717) is 0 Å². The molecule has 144 valence electrons. The monoisotopic (exact) mass is 391 g/mol. The van der Waals surface area contributed by atoms with Crippen molar-refractivity contribution in [2.24, 2.45) is 0 Å². The Morgan fingerprint density at radius 2 is 1.89 bits per heavy atom. The number of likely N-dealkylation sites (tertiary alicyclic amines) is 1. The summed E-state index contributed by atoms with van der Waals surface area (Å²) >= 11 is 1.50. The lowest BCUT2D eigenvalue weighted by Crippen LogP contribution is -2.48. The van der Waals surface area contributed by atoms with Crippen molar-refractivity contribution in [1.82, 2.24) is 9.88 Å². The summed E-state index contributed by atoms with van der Waals surface area (Å²) in [6, 6.07) is 18.6. The Bertz CT molecular complexity index is 859. The van der Waals surface area contributed by atoms with Gasteiger partial charge in [0.2, 0.25) is 0 Å². The molecule has 0 aliphatic carbocycles. The highest BCUT2D eigenvalue weighted by atomic mass is 32.1. The molecule has 1 aliphatic heterocycles. The number of nitrogens with zero attached hydrogens (tertiary/aromatic N) is 3. The quantitative estimate of drug-likeness (QED) is 0.621. The van der Waals surface area contributed by atoms with Gasteiger partial charge in [-0.3, -0.25) is 9.78 Å². The minimum Gasteiger partial charge on any atom is -0.303 e. The van der Waals surface area contributed by atoms with Crippen LogP contribution in [0.3, 0.4) is 0 Å². The average Bonchev–Trinajstić information content (AvgIpc) is 3.30. The van der Waals surface area contributed by atoms with Crippen LogP contribution in [0.2, 0.25) is 0 Å². The highest BCUT2D eigenvalue weighted by Gasteiger charge is 2.30. The summed E-state index contributed by atoms with van der Waals surface area (Å²) in [5, 5.41) is 1.96. The molecule has 3 heterocycles. The van der Waals surface area contributed by atoms with Crippen LogP contribution < -0.4 is 4.90 Å². The highest BCUT2D eigenvalue weighted by molar-refractivity contribution is 7.12. The van der Waals surface area contributed by atoms with Crippen LogP contribution in [0.4, 0.5) is 5.69 Å². The first-order valence-corrected chi connectivity index (χ1v) is 10.7. The van der Waals surface area contributed by atoms with Crippen LogP contribution in [-0.4, -0.2) is 41.5 Å². The second-order valence-electron chi connectivity index (χ2n) is 7.17. The Balaban J connectivity index is 1.42. The van der Waals surface area contributed by atoms with Crippen LogP contribution in [0.5, 0.6) is 0 Å². The molecule has 0 N–H and O–H groups in total. The standard InChI is InChI=1S/C23H25N3OS/c27-23(22-9-5-17-28-22)26(21-8-4-13-24-18-21)20-11-15-25(16-12-20)14-10-19-6-2-1-3-7-19/h1-9,13,17-18,20H,10-12,14-16H2. The molecule has 0 bridgehead atoms. The van der Waals surface area contributed by atoms with Crippen LogP contribution >= 0.6 is 11.3 Å². The predicted octanol–water partition coefficient (Wildman–Crippen LogP) is 4.50. The minimum atomic E-state index is 0.0886. The maximum atomic E-state index is 13.2. The number of carbonyl (C=O) groups is 1. The van der Waals surface area contributed by atoms with Crippen molar-refractivity contribution in [3.8, 4) is 0 Å². The van der Waals surface area contributed by atoms with E-state index in [1.807, 2.05) is 34.5 Å². The summed E-state index contributed by atoms with van der Waals surface area (Å²) in [7, 11) is 0. The zero-order valence-corrected chi connectivity index (χ0v) is 16.7. The number of piperidine rings is 1. The number of pyridine rings is 1. The molecule has 0 atom stereocenters.